The van der Waals surface area contributed by atoms with E-state index in [0.29, 0.717) is 24.8 Å². The van der Waals surface area contributed by atoms with Crippen LogP contribution in [0.2, 0.25) is 0 Å². The summed E-state index contributed by atoms with van der Waals surface area (Å²) in [6.07, 6.45) is 1.74. The summed E-state index contributed by atoms with van der Waals surface area (Å²) in [5, 5.41) is 12.3. The first-order chi connectivity index (χ1) is 11.2. The maximum Gasteiger partial charge on any atom is 0.165 e. The van der Waals surface area contributed by atoms with E-state index in [2.05, 4.69) is 4.90 Å². The molecule has 0 amide bonds. The van der Waals surface area contributed by atoms with E-state index in [9.17, 15) is 9.50 Å². The third-order valence-corrected chi connectivity index (χ3v) is 5.19. The molecule has 3 rings (SSSR count). The fraction of sp³-hybridized carbons (Fsp3) is 0.444. The van der Waals surface area contributed by atoms with Crippen molar-refractivity contribution >= 4 is 11.3 Å². The molecule has 1 aliphatic heterocycles. The van der Waals surface area contributed by atoms with Crippen LogP contribution in [-0.2, 0) is 0 Å². The van der Waals surface area contributed by atoms with Gasteiger partial charge in [-0.2, -0.15) is 0 Å². The SMILES string of the molecule is O[C@H](CN1CCC[C@H](COc2ccccc2F)C1)c1cccs1. The minimum absolute atomic E-state index is 0.312. The lowest BCUT2D eigenvalue weighted by Crippen LogP contribution is -2.39. The molecule has 1 aromatic heterocycles. The Kier molecular flexibility index (Phi) is 5.65. The molecule has 23 heavy (non-hydrogen) atoms. The van der Waals surface area contributed by atoms with E-state index in [-0.39, 0.29) is 5.82 Å². The van der Waals surface area contributed by atoms with E-state index < -0.39 is 6.10 Å². The third-order valence-electron chi connectivity index (χ3n) is 4.22. The minimum Gasteiger partial charge on any atom is -0.490 e. The van der Waals surface area contributed by atoms with E-state index in [1.54, 1.807) is 29.5 Å². The van der Waals surface area contributed by atoms with Gasteiger partial charge in [-0.25, -0.2) is 4.39 Å². The van der Waals surface area contributed by atoms with Gasteiger partial charge in [0.1, 0.15) is 6.10 Å². The molecule has 1 fully saturated rings. The molecular weight excluding hydrogens is 313 g/mol. The molecule has 0 spiro atoms. The number of piperidine rings is 1. The molecule has 1 saturated heterocycles. The summed E-state index contributed by atoms with van der Waals surface area (Å²) in [6, 6.07) is 10.5. The zero-order valence-corrected chi connectivity index (χ0v) is 13.8. The number of halogens is 1. The summed E-state index contributed by atoms with van der Waals surface area (Å²) in [6.45, 7) is 3.05. The Labute approximate surface area is 140 Å². The van der Waals surface area contributed by atoms with Crippen LogP contribution in [0, 0.1) is 11.7 Å². The molecule has 0 radical (unpaired) electrons. The fourth-order valence-corrected chi connectivity index (χ4v) is 3.74. The van der Waals surface area contributed by atoms with Crippen LogP contribution in [0.1, 0.15) is 23.8 Å². The molecule has 2 aromatic rings. The molecular formula is C18H22FNO2S. The molecule has 1 aromatic carbocycles. The lowest BCUT2D eigenvalue weighted by molar-refractivity contribution is 0.0724. The van der Waals surface area contributed by atoms with Gasteiger partial charge < -0.3 is 9.84 Å². The van der Waals surface area contributed by atoms with Crippen molar-refractivity contribution in [1.82, 2.24) is 4.90 Å². The van der Waals surface area contributed by atoms with E-state index in [0.717, 1.165) is 30.8 Å². The number of β-amino-alcohol motifs (C(OH)–C–C–N with tert-alkyl or cyclic N) is 1. The standard InChI is InChI=1S/C18H22FNO2S/c19-15-6-1-2-7-17(15)22-13-14-5-3-9-20(11-14)12-16(21)18-8-4-10-23-18/h1-2,4,6-8,10,14,16,21H,3,5,9,11-13H2/t14-,16+/m0/s1. The number of likely N-dealkylation sites (tertiary alicyclic amines) is 1. The number of hydrogen-bond donors (Lipinski definition) is 1. The van der Waals surface area contributed by atoms with Crippen molar-refractivity contribution in [2.45, 2.75) is 18.9 Å². The van der Waals surface area contributed by atoms with Crippen molar-refractivity contribution in [3.8, 4) is 5.75 Å². The summed E-state index contributed by atoms with van der Waals surface area (Å²) in [7, 11) is 0. The summed E-state index contributed by atoms with van der Waals surface area (Å²) >= 11 is 1.59. The van der Waals surface area contributed by atoms with E-state index in [1.165, 1.54) is 6.07 Å². The monoisotopic (exact) mass is 335 g/mol. The highest BCUT2D eigenvalue weighted by Crippen LogP contribution is 2.24. The highest BCUT2D eigenvalue weighted by atomic mass is 32.1. The van der Waals surface area contributed by atoms with Gasteiger partial charge in [0.05, 0.1) is 6.61 Å². The van der Waals surface area contributed by atoms with Gasteiger partial charge >= 0.3 is 0 Å². The van der Waals surface area contributed by atoms with Gasteiger partial charge in [-0.15, -0.1) is 11.3 Å². The van der Waals surface area contributed by atoms with E-state index in [4.69, 9.17) is 4.74 Å². The van der Waals surface area contributed by atoms with Crippen molar-refractivity contribution in [2.75, 3.05) is 26.2 Å². The maximum absolute atomic E-state index is 13.6. The Morgan fingerprint density at radius 3 is 2.96 bits per heavy atom. The zero-order chi connectivity index (χ0) is 16.1. The summed E-state index contributed by atoms with van der Waals surface area (Å²) in [4.78, 5) is 3.29. The number of nitrogens with zero attached hydrogens (tertiary/aromatic N) is 1. The number of ether oxygens (including phenoxy) is 1. The Morgan fingerprint density at radius 2 is 2.17 bits per heavy atom. The third kappa shape index (κ3) is 4.53. The van der Waals surface area contributed by atoms with Gasteiger partial charge in [0.25, 0.3) is 0 Å². The highest BCUT2D eigenvalue weighted by Gasteiger charge is 2.23. The Morgan fingerprint density at radius 1 is 1.30 bits per heavy atom. The molecule has 5 heteroatoms. The van der Waals surface area contributed by atoms with Gasteiger partial charge in [-0.3, -0.25) is 4.90 Å². The van der Waals surface area contributed by atoms with Crippen LogP contribution in [0.4, 0.5) is 4.39 Å². The first kappa shape index (κ1) is 16.4. The number of thiophene rings is 1. The molecule has 0 unspecified atom stereocenters. The fourth-order valence-electron chi connectivity index (χ4n) is 3.04. The number of hydrogen-bond acceptors (Lipinski definition) is 4. The topological polar surface area (TPSA) is 32.7 Å². The van der Waals surface area contributed by atoms with Crippen LogP contribution in [0.3, 0.4) is 0 Å². The summed E-state index contributed by atoms with van der Waals surface area (Å²) in [5.41, 5.74) is 0. The molecule has 2 atom stereocenters. The maximum atomic E-state index is 13.6. The van der Waals surface area contributed by atoms with E-state index in [1.807, 2.05) is 17.5 Å². The van der Waals surface area contributed by atoms with Crippen molar-refractivity contribution in [1.29, 1.82) is 0 Å². The minimum atomic E-state index is -0.429. The average molecular weight is 335 g/mol. The number of para-hydroxylation sites is 1. The van der Waals surface area contributed by atoms with Crippen molar-refractivity contribution < 1.29 is 14.2 Å². The lowest BCUT2D eigenvalue weighted by Gasteiger charge is -2.33. The van der Waals surface area contributed by atoms with E-state index >= 15 is 0 Å². The van der Waals surface area contributed by atoms with Crippen LogP contribution in [0.5, 0.6) is 5.75 Å². The van der Waals surface area contributed by atoms with Crippen LogP contribution < -0.4 is 4.74 Å². The number of rotatable bonds is 6. The molecule has 0 bridgehead atoms. The molecule has 0 aliphatic carbocycles. The van der Waals surface area contributed by atoms with Gasteiger partial charge in [0.15, 0.2) is 11.6 Å². The normalized spacial score (nSPS) is 20.3. The Bertz CT molecular complexity index is 605. The summed E-state index contributed by atoms with van der Waals surface area (Å²) < 4.78 is 19.2. The number of aliphatic hydroxyl groups excluding tert-OH is 1. The average Bonchev–Trinajstić information content (AvgIpc) is 3.09. The Balaban J connectivity index is 1.49. The van der Waals surface area contributed by atoms with Crippen LogP contribution in [0.25, 0.3) is 0 Å². The zero-order valence-electron chi connectivity index (χ0n) is 13.0. The molecule has 0 saturated carbocycles. The lowest BCUT2D eigenvalue weighted by atomic mass is 9.98. The molecule has 3 nitrogen and oxygen atoms in total. The van der Waals surface area contributed by atoms with Gasteiger partial charge in [0.2, 0.25) is 0 Å². The van der Waals surface area contributed by atoms with Gasteiger partial charge in [-0.05, 0) is 43.0 Å². The smallest absolute Gasteiger partial charge is 0.165 e. The number of benzene rings is 1. The second kappa shape index (κ2) is 7.90. The molecule has 124 valence electrons. The predicted molar refractivity (Wildman–Crippen MR) is 90.3 cm³/mol. The van der Waals surface area contributed by atoms with Gasteiger partial charge in [0, 0.05) is 23.9 Å². The molecule has 1 N–H and O–H groups in total. The van der Waals surface area contributed by atoms with Crippen LogP contribution in [0.15, 0.2) is 41.8 Å². The number of aliphatic hydroxyl groups is 1. The summed E-state index contributed by atoms with van der Waals surface area (Å²) in [5.74, 6) is 0.385. The van der Waals surface area contributed by atoms with Gasteiger partial charge in [-0.1, -0.05) is 18.2 Å². The van der Waals surface area contributed by atoms with Crippen molar-refractivity contribution in [3.05, 3.63) is 52.5 Å². The van der Waals surface area contributed by atoms with Crippen molar-refractivity contribution in [2.24, 2.45) is 5.92 Å². The predicted octanol–water partition coefficient (Wildman–Crippen LogP) is 3.71. The Hall–Kier alpha value is -1.43. The quantitative estimate of drug-likeness (QED) is 0.873. The van der Waals surface area contributed by atoms with Crippen LogP contribution in [-0.4, -0.2) is 36.2 Å². The second-order valence-electron chi connectivity index (χ2n) is 6.04. The first-order valence-electron chi connectivity index (χ1n) is 8.03. The largest absolute Gasteiger partial charge is 0.490 e. The molecule has 1 aliphatic rings. The molecule has 2 heterocycles. The van der Waals surface area contributed by atoms with Crippen molar-refractivity contribution in [3.63, 3.8) is 0 Å². The van der Waals surface area contributed by atoms with Crippen LogP contribution >= 0.6 is 11.3 Å². The first-order valence-corrected chi connectivity index (χ1v) is 8.91. The second-order valence-corrected chi connectivity index (χ2v) is 7.02. The highest BCUT2D eigenvalue weighted by molar-refractivity contribution is 7.10.